The van der Waals surface area contributed by atoms with Gasteiger partial charge in [-0.25, -0.2) is 0 Å². The lowest BCUT2D eigenvalue weighted by Crippen LogP contribution is -2.14. The van der Waals surface area contributed by atoms with E-state index in [1.807, 2.05) is 47.2 Å². The maximum atomic E-state index is 12.2. The Kier molecular flexibility index (Phi) is 5.53. The average Bonchev–Trinajstić information content (AvgIpc) is 3.29. The summed E-state index contributed by atoms with van der Waals surface area (Å²) in [5.41, 5.74) is 1.43. The molecular formula is C18H16N4OS2. The third-order valence-corrected chi connectivity index (χ3v) is 5.25. The zero-order valence-corrected chi connectivity index (χ0v) is 15.2. The second kappa shape index (κ2) is 8.01. The largest absolute Gasteiger partial charge is 0.325 e. The number of terminal acetylenes is 1. The summed E-state index contributed by atoms with van der Waals surface area (Å²) in [7, 11) is 0. The predicted molar refractivity (Wildman–Crippen MR) is 103 cm³/mol. The molecule has 0 saturated carbocycles. The van der Waals surface area contributed by atoms with Gasteiger partial charge in [-0.3, -0.25) is 4.79 Å². The normalized spacial score (nSPS) is 10.4. The first-order valence-corrected chi connectivity index (χ1v) is 9.54. The Balaban J connectivity index is 1.65. The van der Waals surface area contributed by atoms with E-state index in [1.165, 1.54) is 11.8 Å². The van der Waals surface area contributed by atoms with E-state index in [4.69, 9.17) is 6.42 Å². The van der Waals surface area contributed by atoms with Crippen LogP contribution in [0.15, 0.2) is 46.9 Å². The van der Waals surface area contributed by atoms with E-state index >= 15 is 0 Å². The smallest absolute Gasteiger partial charge is 0.234 e. The number of nitrogens with zero attached hydrogens (tertiary/aromatic N) is 3. The number of nitrogens with one attached hydrogen (secondary N) is 1. The number of carbonyl (C=O) groups excluding carboxylic acids is 1. The number of hydrogen-bond donors (Lipinski definition) is 1. The van der Waals surface area contributed by atoms with Crippen molar-refractivity contribution in [3.05, 3.63) is 47.3 Å². The first-order valence-electron chi connectivity index (χ1n) is 7.67. The van der Waals surface area contributed by atoms with Crippen molar-refractivity contribution in [2.45, 2.75) is 18.6 Å². The number of hydrogen-bond acceptors (Lipinski definition) is 5. The standard InChI is InChI=1S/C18H16N4OS2/c1-3-13-7-5-8-14(11-13)19-16(23)12-25-18-21-20-17(22(18)4-2)15-9-6-10-24-15/h1,5-11H,4,12H2,2H3,(H,19,23). The molecule has 0 atom stereocenters. The molecule has 1 N–H and O–H groups in total. The molecule has 2 aromatic heterocycles. The number of amides is 1. The van der Waals surface area contributed by atoms with Gasteiger partial charge in [0.25, 0.3) is 0 Å². The molecule has 0 radical (unpaired) electrons. The summed E-state index contributed by atoms with van der Waals surface area (Å²) in [6.45, 7) is 2.78. The molecule has 0 saturated heterocycles. The van der Waals surface area contributed by atoms with E-state index in [9.17, 15) is 4.79 Å². The van der Waals surface area contributed by atoms with Gasteiger partial charge in [0.2, 0.25) is 5.91 Å². The van der Waals surface area contributed by atoms with E-state index < -0.39 is 0 Å². The molecule has 7 heteroatoms. The number of aromatic nitrogens is 3. The Morgan fingerprint density at radius 2 is 2.24 bits per heavy atom. The molecule has 3 aromatic rings. The first-order chi connectivity index (χ1) is 12.2. The second-order valence-corrected chi connectivity index (χ2v) is 6.98. The van der Waals surface area contributed by atoms with Crippen LogP contribution in [0.3, 0.4) is 0 Å². The van der Waals surface area contributed by atoms with Gasteiger partial charge in [0.05, 0.1) is 10.6 Å². The van der Waals surface area contributed by atoms with Crippen LogP contribution in [0, 0.1) is 12.3 Å². The van der Waals surface area contributed by atoms with Crippen molar-refractivity contribution in [2.75, 3.05) is 11.1 Å². The number of thioether (sulfide) groups is 1. The van der Waals surface area contributed by atoms with E-state index in [2.05, 4.69) is 21.4 Å². The number of thiophene rings is 1. The molecule has 0 aliphatic carbocycles. The van der Waals surface area contributed by atoms with Crippen molar-refractivity contribution >= 4 is 34.7 Å². The highest BCUT2D eigenvalue weighted by Crippen LogP contribution is 2.27. The molecule has 2 heterocycles. The topological polar surface area (TPSA) is 59.8 Å². The average molecular weight is 368 g/mol. The molecule has 1 aromatic carbocycles. The van der Waals surface area contributed by atoms with Gasteiger partial charge in [-0.15, -0.1) is 28.0 Å². The Bertz CT molecular complexity index is 910. The fourth-order valence-electron chi connectivity index (χ4n) is 2.28. The van der Waals surface area contributed by atoms with Crippen LogP contribution in [0.1, 0.15) is 12.5 Å². The van der Waals surface area contributed by atoms with Crippen LogP contribution in [-0.4, -0.2) is 26.4 Å². The Morgan fingerprint density at radius 1 is 1.36 bits per heavy atom. The third-order valence-electron chi connectivity index (χ3n) is 3.42. The van der Waals surface area contributed by atoms with E-state index in [-0.39, 0.29) is 11.7 Å². The van der Waals surface area contributed by atoms with Crippen molar-refractivity contribution in [1.29, 1.82) is 0 Å². The molecule has 0 aliphatic heterocycles. The summed E-state index contributed by atoms with van der Waals surface area (Å²) in [5.74, 6) is 3.53. The highest BCUT2D eigenvalue weighted by Gasteiger charge is 2.15. The highest BCUT2D eigenvalue weighted by atomic mass is 32.2. The maximum absolute atomic E-state index is 12.2. The van der Waals surface area contributed by atoms with Crippen LogP contribution in [0.2, 0.25) is 0 Å². The van der Waals surface area contributed by atoms with E-state index in [0.717, 1.165) is 28.0 Å². The van der Waals surface area contributed by atoms with Gasteiger partial charge < -0.3 is 9.88 Å². The number of rotatable bonds is 6. The summed E-state index contributed by atoms with van der Waals surface area (Å²) < 4.78 is 2.02. The van der Waals surface area contributed by atoms with E-state index in [0.29, 0.717) is 5.69 Å². The highest BCUT2D eigenvalue weighted by molar-refractivity contribution is 7.99. The summed E-state index contributed by atoms with van der Waals surface area (Å²) >= 11 is 2.99. The molecule has 1 amide bonds. The third kappa shape index (κ3) is 4.10. The van der Waals surface area contributed by atoms with Crippen LogP contribution in [0.5, 0.6) is 0 Å². The SMILES string of the molecule is C#Cc1cccc(NC(=O)CSc2nnc(-c3cccs3)n2CC)c1. The predicted octanol–water partition coefficient (Wildman–Crippen LogP) is 3.74. The second-order valence-electron chi connectivity index (χ2n) is 5.09. The van der Waals surface area contributed by atoms with Crippen molar-refractivity contribution in [1.82, 2.24) is 14.8 Å². The minimum absolute atomic E-state index is 0.109. The zero-order valence-electron chi connectivity index (χ0n) is 13.6. The van der Waals surface area contributed by atoms with Gasteiger partial charge >= 0.3 is 0 Å². The molecule has 0 bridgehead atoms. The molecule has 5 nitrogen and oxygen atoms in total. The monoisotopic (exact) mass is 368 g/mol. The lowest BCUT2D eigenvalue weighted by Gasteiger charge is -2.07. The Hall–Kier alpha value is -2.56. The molecule has 0 unspecified atom stereocenters. The van der Waals surface area contributed by atoms with Crippen LogP contribution in [0.25, 0.3) is 10.7 Å². The van der Waals surface area contributed by atoms with Gasteiger partial charge in [-0.1, -0.05) is 29.8 Å². The summed E-state index contributed by atoms with van der Waals surface area (Å²) in [4.78, 5) is 13.2. The van der Waals surface area contributed by atoms with Crippen LogP contribution in [0.4, 0.5) is 5.69 Å². The van der Waals surface area contributed by atoms with Crippen molar-refractivity contribution < 1.29 is 4.79 Å². The maximum Gasteiger partial charge on any atom is 0.234 e. The summed E-state index contributed by atoms with van der Waals surface area (Å²) in [6, 6.07) is 11.2. The van der Waals surface area contributed by atoms with Gasteiger partial charge in [0.15, 0.2) is 11.0 Å². The first kappa shape index (κ1) is 17.3. The number of carbonyl (C=O) groups is 1. The summed E-state index contributed by atoms with van der Waals surface area (Å²) in [6.07, 6.45) is 5.37. The Morgan fingerprint density at radius 3 is 2.96 bits per heavy atom. The minimum Gasteiger partial charge on any atom is -0.325 e. The lowest BCUT2D eigenvalue weighted by molar-refractivity contribution is -0.113. The van der Waals surface area contributed by atoms with Crippen molar-refractivity contribution in [3.8, 4) is 23.0 Å². The van der Waals surface area contributed by atoms with Crippen LogP contribution < -0.4 is 5.32 Å². The van der Waals surface area contributed by atoms with Gasteiger partial charge in [0.1, 0.15) is 0 Å². The zero-order chi connectivity index (χ0) is 17.6. The minimum atomic E-state index is -0.109. The van der Waals surface area contributed by atoms with Crippen LogP contribution >= 0.6 is 23.1 Å². The van der Waals surface area contributed by atoms with Crippen LogP contribution in [-0.2, 0) is 11.3 Å². The molecule has 0 spiro atoms. The summed E-state index contributed by atoms with van der Waals surface area (Å²) in [5, 5.41) is 14.1. The number of anilines is 1. The van der Waals surface area contributed by atoms with Crippen molar-refractivity contribution in [2.24, 2.45) is 0 Å². The molecule has 25 heavy (non-hydrogen) atoms. The van der Waals surface area contributed by atoms with Crippen molar-refractivity contribution in [3.63, 3.8) is 0 Å². The van der Waals surface area contributed by atoms with Gasteiger partial charge in [-0.05, 0) is 36.6 Å². The quantitative estimate of drug-likeness (QED) is 0.532. The molecule has 126 valence electrons. The molecule has 0 aliphatic rings. The number of benzene rings is 1. The molecular weight excluding hydrogens is 352 g/mol. The Labute approximate surface area is 154 Å². The lowest BCUT2D eigenvalue weighted by atomic mass is 10.2. The fourth-order valence-corrected chi connectivity index (χ4v) is 3.80. The molecule has 3 rings (SSSR count). The molecule has 0 fully saturated rings. The van der Waals surface area contributed by atoms with Gasteiger partial charge in [0, 0.05) is 17.8 Å². The van der Waals surface area contributed by atoms with Gasteiger partial charge in [-0.2, -0.15) is 0 Å². The van der Waals surface area contributed by atoms with E-state index in [1.54, 1.807) is 17.4 Å². The fraction of sp³-hybridized carbons (Fsp3) is 0.167.